The molecule has 0 atom stereocenters. The van der Waals surface area contributed by atoms with Crippen molar-refractivity contribution < 1.29 is 4.79 Å². The minimum atomic E-state index is 0.450. The van der Waals surface area contributed by atoms with Crippen LogP contribution < -0.4 is 4.90 Å². The smallest absolute Gasteiger partial charge is 0.151 e. The molecule has 0 N–H and O–H groups in total. The average molecular weight is 298 g/mol. The molecular weight excluding hydrogens is 278 g/mol. The van der Waals surface area contributed by atoms with Crippen LogP contribution in [0.5, 0.6) is 0 Å². The monoisotopic (exact) mass is 297 g/mol. The maximum atomic E-state index is 10.8. The highest BCUT2D eigenvalue weighted by Crippen LogP contribution is 2.25. The number of carbonyl (C=O) groups is 1. The first-order chi connectivity index (χ1) is 7.95. The van der Waals surface area contributed by atoms with Crippen molar-refractivity contribution in [3.63, 3.8) is 0 Å². The lowest BCUT2D eigenvalue weighted by molar-refractivity contribution is 0.112. The molecule has 1 rings (SSSR count). The summed E-state index contributed by atoms with van der Waals surface area (Å²) in [5.74, 6) is 0.613. The van der Waals surface area contributed by atoms with Crippen LogP contribution in [0.3, 0.4) is 0 Å². The zero-order valence-corrected chi connectivity index (χ0v) is 12.5. The van der Waals surface area contributed by atoms with Gasteiger partial charge in [-0.3, -0.25) is 4.79 Å². The molecule has 94 valence electrons. The van der Waals surface area contributed by atoms with Crippen molar-refractivity contribution in [1.82, 2.24) is 0 Å². The van der Waals surface area contributed by atoms with Crippen LogP contribution in [0.1, 0.15) is 38.1 Å². The van der Waals surface area contributed by atoms with Crippen molar-refractivity contribution >= 4 is 27.9 Å². The maximum absolute atomic E-state index is 10.8. The minimum absolute atomic E-state index is 0.450. The van der Waals surface area contributed by atoms with E-state index in [9.17, 15) is 4.79 Å². The number of halogens is 1. The average Bonchev–Trinajstić information content (AvgIpc) is 2.25. The number of hydrogen-bond acceptors (Lipinski definition) is 2. The fraction of sp³-hybridized carbons (Fsp3) is 0.500. The second kappa shape index (κ2) is 6.20. The van der Waals surface area contributed by atoms with Crippen molar-refractivity contribution in [2.45, 2.75) is 33.7 Å². The number of aldehydes is 1. The van der Waals surface area contributed by atoms with Gasteiger partial charge in [-0.15, -0.1) is 0 Å². The Morgan fingerprint density at radius 2 is 1.94 bits per heavy atom. The first-order valence-corrected chi connectivity index (χ1v) is 6.76. The lowest BCUT2D eigenvalue weighted by Gasteiger charge is -2.31. The molecular formula is C14H20BrNO. The molecule has 0 spiro atoms. The van der Waals surface area contributed by atoms with Gasteiger partial charge in [-0.05, 0) is 53.9 Å². The summed E-state index contributed by atoms with van der Waals surface area (Å²) in [6.45, 7) is 9.81. The van der Waals surface area contributed by atoms with E-state index in [0.717, 1.165) is 23.0 Å². The van der Waals surface area contributed by atoms with Crippen molar-refractivity contribution in [3.05, 3.63) is 28.2 Å². The van der Waals surface area contributed by atoms with Crippen LogP contribution in [0.4, 0.5) is 5.69 Å². The summed E-state index contributed by atoms with van der Waals surface area (Å²) in [5.41, 5.74) is 1.85. The second-order valence-corrected chi connectivity index (χ2v) is 5.82. The Bertz CT molecular complexity index is 388. The predicted molar refractivity (Wildman–Crippen MR) is 76.8 cm³/mol. The van der Waals surface area contributed by atoms with Crippen molar-refractivity contribution in [2.24, 2.45) is 5.92 Å². The fourth-order valence-corrected chi connectivity index (χ4v) is 2.26. The molecule has 3 heteroatoms. The molecule has 0 heterocycles. The van der Waals surface area contributed by atoms with E-state index in [1.54, 1.807) is 0 Å². The molecule has 2 nitrogen and oxygen atoms in total. The van der Waals surface area contributed by atoms with Crippen LogP contribution in [0.2, 0.25) is 0 Å². The van der Waals surface area contributed by atoms with Gasteiger partial charge in [0, 0.05) is 28.3 Å². The van der Waals surface area contributed by atoms with E-state index in [4.69, 9.17) is 0 Å². The van der Waals surface area contributed by atoms with E-state index in [2.05, 4.69) is 48.5 Å². The molecule has 0 fully saturated rings. The van der Waals surface area contributed by atoms with Gasteiger partial charge in [0.2, 0.25) is 0 Å². The van der Waals surface area contributed by atoms with E-state index in [1.807, 2.05) is 18.2 Å². The van der Waals surface area contributed by atoms with Gasteiger partial charge in [0.1, 0.15) is 0 Å². The number of benzene rings is 1. The molecule has 0 aliphatic heterocycles. The first kappa shape index (κ1) is 14.2. The highest BCUT2D eigenvalue weighted by Gasteiger charge is 2.13. The highest BCUT2D eigenvalue weighted by molar-refractivity contribution is 9.10. The number of nitrogens with zero attached hydrogens (tertiary/aromatic N) is 1. The highest BCUT2D eigenvalue weighted by atomic mass is 79.9. The van der Waals surface area contributed by atoms with E-state index < -0.39 is 0 Å². The zero-order valence-electron chi connectivity index (χ0n) is 10.9. The van der Waals surface area contributed by atoms with Crippen molar-refractivity contribution in [1.29, 1.82) is 0 Å². The molecule has 17 heavy (non-hydrogen) atoms. The standard InChI is InChI=1S/C14H20BrNO/c1-10(2)8-16(11(3)4)13-6-5-12(9-17)14(15)7-13/h5-7,9-11H,8H2,1-4H3. The lowest BCUT2D eigenvalue weighted by Crippen LogP contribution is -2.34. The molecule has 0 bridgehead atoms. The van der Waals surface area contributed by atoms with Gasteiger partial charge in [-0.1, -0.05) is 13.8 Å². The maximum Gasteiger partial charge on any atom is 0.151 e. The summed E-state index contributed by atoms with van der Waals surface area (Å²) in [6.07, 6.45) is 0.871. The Hall–Kier alpha value is -0.830. The predicted octanol–water partition coefficient (Wildman–Crippen LogP) is 4.13. The van der Waals surface area contributed by atoms with Gasteiger partial charge in [-0.2, -0.15) is 0 Å². The van der Waals surface area contributed by atoms with Crippen LogP contribution in [0.15, 0.2) is 22.7 Å². The van der Waals surface area contributed by atoms with Gasteiger partial charge in [0.05, 0.1) is 0 Å². The minimum Gasteiger partial charge on any atom is -0.369 e. The third-order valence-corrected chi connectivity index (χ3v) is 3.31. The summed E-state index contributed by atoms with van der Waals surface area (Å²) >= 11 is 3.43. The number of hydrogen-bond donors (Lipinski definition) is 0. The Morgan fingerprint density at radius 1 is 1.29 bits per heavy atom. The topological polar surface area (TPSA) is 20.3 Å². The molecule has 0 amide bonds. The normalized spacial score (nSPS) is 11.0. The van der Waals surface area contributed by atoms with Gasteiger partial charge < -0.3 is 4.90 Å². The van der Waals surface area contributed by atoms with Gasteiger partial charge in [0.15, 0.2) is 6.29 Å². The Labute approximate surface area is 112 Å². The number of rotatable bonds is 5. The van der Waals surface area contributed by atoms with Gasteiger partial charge in [0.25, 0.3) is 0 Å². The second-order valence-electron chi connectivity index (χ2n) is 4.96. The first-order valence-electron chi connectivity index (χ1n) is 5.97. The zero-order chi connectivity index (χ0) is 13.0. The molecule has 0 saturated carbocycles. The van der Waals surface area contributed by atoms with Crippen LogP contribution in [-0.4, -0.2) is 18.9 Å². The largest absolute Gasteiger partial charge is 0.369 e. The van der Waals surface area contributed by atoms with Gasteiger partial charge >= 0.3 is 0 Å². The Balaban J connectivity index is 3.02. The molecule has 0 aliphatic rings. The van der Waals surface area contributed by atoms with E-state index in [0.29, 0.717) is 17.5 Å². The van der Waals surface area contributed by atoms with Crippen molar-refractivity contribution in [2.75, 3.05) is 11.4 Å². The van der Waals surface area contributed by atoms with Crippen LogP contribution in [0, 0.1) is 5.92 Å². The van der Waals surface area contributed by atoms with Crippen molar-refractivity contribution in [3.8, 4) is 0 Å². The Kier molecular flexibility index (Phi) is 5.19. The Morgan fingerprint density at radius 3 is 2.35 bits per heavy atom. The van der Waals surface area contributed by atoms with Crippen LogP contribution in [-0.2, 0) is 0 Å². The molecule has 0 aromatic heterocycles. The molecule has 0 unspecified atom stereocenters. The quantitative estimate of drug-likeness (QED) is 0.762. The van der Waals surface area contributed by atoms with Crippen LogP contribution >= 0.6 is 15.9 Å². The number of anilines is 1. The molecule has 1 aromatic rings. The SMILES string of the molecule is CC(C)CN(c1ccc(C=O)c(Br)c1)C(C)C. The summed E-state index contributed by atoms with van der Waals surface area (Å²) in [4.78, 5) is 13.1. The van der Waals surface area contributed by atoms with Gasteiger partial charge in [-0.25, -0.2) is 0 Å². The third kappa shape index (κ3) is 3.84. The third-order valence-electron chi connectivity index (χ3n) is 2.63. The molecule has 0 aliphatic carbocycles. The molecule has 1 aromatic carbocycles. The lowest BCUT2D eigenvalue weighted by atomic mass is 10.1. The van der Waals surface area contributed by atoms with Crippen LogP contribution in [0.25, 0.3) is 0 Å². The molecule has 0 radical (unpaired) electrons. The summed E-state index contributed by atoms with van der Waals surface area (Å²) < 4.78 is 0.861. The fourth-order valence-electron chi connectivity index (χ4n) is 1.80. The van der Waals surface area contributed by atoms with E-state index in [1.165, 1.54) is 0 Å². The summed E-state index contributed by atoms with van der Waals surface area (Å²) in [6, 6.07) is 6.34. The van der Waals surface area contributed by atoms with E-state index in [-0.39, 0.29) is 0 Å². The number of carbonyl (C=O) groups excluding carboxylic acids is 1. The van der Waals surface area contributed by atoms with E-state index >= 15 is 0 Å². The molecule has 0 saturated heterocycles. The summed E-state index contributed by atoms with van der Waals surface area (Å²) in [5, 5.41) is 0. The summed E-state index contributed by atoms with van der Waals surface area (Å²) in [7, 11) is 0.